The standard InChI is InChI=1S/C17H24N2O2S/c1-11(2)21-16-8-13(5-6-15(16)20-4)7-14(9-18)17-19-12(3)10-22-17/h5-6,8,10-11,14H,7,9,18H2,1-4H3. The van der Waals surface area contributed by atoms with Gasteiger partial charge in [-0.3, -0.25) is 0 Å². The molecule has 0 amide bonds. The number of nitrogens with zero attached hydrogens (tertiary/aromatic N) is 1. The normalized spacial score (nSPS) is 12.5. The monoisotopic (exact) mass is 320 g/mol. The maximum absolute atomic E-state index is 5.95. The molecule has 22 heavy (non-hydrogen) atoms. The number of aryl methyl sites for hydroxylation is 1. The van der Waals surface area contributed by atoms with E-state index in [1.54, 1.807) is 18.4 Å². The first-order valence-corrected chi connectivity index (χ1v) is 8.37. The lowest BCUT2D eigenvalue weighted by atomic mass is 9.99. The molecule has 0 aliphatic carbocycles. The van der Waals surface area contributed by atoms with Crippen LogP contribution in [0.3, 0.4) is 0 Å². The lowest BCUT2D eigenvalue weighted by Gasteiger charge is -2.17. The first kappa shape index (κ1) is 16.8. The van der Waals surface area contributed by atoms with Crippen LogP contribution in [0.1, 0.15) is 36.0 Å². The SMILES string of the molecule is COc1ccc(CC(CN)c2nc(C)cs2)cc1OC(C)C. The number of thiazole rings is 1. The fourth-order valence-corrected chi connectivity index (χ4v) is 3.22. The number of benzene rings is 1. The lowest BCUT2D eigenvalue weighted by molar-refractivity contribution is 0.230. The zero-order valence-electron chi connectivity index (χ0n) is 13.6. The molecule has 0 saturated heterocycles. The first-order valence-electron chi connectivity index (χ1n) is 7.49. The molecule has 2 rings (SSSR count). The van der Waals surface area contributed by atoms with Crippen molar-refractivity contribution in [3.05, 3.63) is 39.8 Å². The molecule has 0 aliphatic heterocycles. The zero-order valence-corrected chi connectivity index (χ0v) is 14.4. The largest absolute Gasteiger partial charge is 0.493 e. The Bertz CT molecular complexity index is 610. The minimum Gasteiger partial charge on any atom is -0.493 e. The van der Waals surface area contributed by atoms with Crippen LogP contribution in [0.15, 0.2) is 23.6 Å². The van der Waals surface area contributed by atoms with Gasteiger partial charge in [-0.1, -0.05) is 6.07 Å². The number of nitrogens with two attached hydrogens (primary N) is 1. The van der Waals surface area contributed by atoms with Crippen molar-refractivity contribution in [3.8, 4) is 11.5 Å². The fraction of sp³-hybridized carbons (Fsp3) is 0.471. The molecular formula is C17H24N2O2S. The van der Waals surface area contributed by atoms with Crippen LogP contribution < -0.4 is 15.2 Å². The Morgan fingerprint density at radius 1 is 1.27 bits per heavy atom. The van der Waals surface area contributed by atoms with Crippen LogP contribution >= 0.6 is 11.3 Å². The smallest absolute Gasteiger partial charge is 0.161 e. The van der Waals surface area contributed by atoms with Gasteiger partial charge in [0.2, 0.25) is 0 Å². The van der Waals surface area contributed by atoms with Crippen LogP contribution in [0, 0.1) is 6.92 Å². The van der Waals surface area contributed by atoms with Crippen LogP contribution in [0.4, 0.5) is 0 Å². The van der Waals surface area contributed by atoms with E-state index in [2.05, 4.69) is 16.4 Å². The number of rotatable bonds is 7. The molecule has 0 fully saturated rings. The van der Waals surface area contributed by atoms with Crippen molar-refractivity contribution in [2.45, 2.75) is 39.2 Å². The summed E-state index contributed by atoms with van der Waals surface area (Å²) >= 11 is 1.68. The highest BCUT2D eigenvalue weighted by molar-refractivity contribution is 7.09. The minimum absolute atomic E-state index is 0.107. The third-order valence-corrected chi connectivity index (χ3v) is 4.47. The molecule has 1 aromatic carbocycles. The van der Waals surface area contributed by atoms with Gasteiger partial charge in [0.05, 0.1) is 18.2 Å². The molecule has 2 aromatic rings. The second kappa shape index (κ2) is 7.61. The summed E-state index contributed by atoms with van der Waals surface area (Å²) < 4.78 is 11.2. The van der Waals surface area contributed by atoms with E-state index in [-0.39, 0.29) is 12.0 Å². The number of aromatic nitrogens is 1. The Morgan fingerprint density at radius 3 is 2.59 bits per heavy atom. The molecule has 1 unspecified atom stereocenters. The van der Waals surface area contributed by atoms with E-state index in [1.165, 1.54) is 5.56 Å². The molecule has 4 nitrogen and oxygen atoms in total. The van der Waals surface area contributed by atoms with Crippen LogP contribution in [-0.4, -0.2) is 24.7 Å². The Labute approximate surface area is 136 Å². The maximum atomic E-state index is 5.95. The summed E-state index contributed by atoms with van der Waals surface area (Å²) in [4.78, 5) is 4.57. The van der Waals surface area contributed by atoms with Crippen LogP contribution in [0.5, 0.6) is 11.5 Å². The molecule has 5 heteroatoms. The highest BCUT2D eigenvalue weighted by atomic mass is 32.1. The van der Waals surface area contributed by atoms with Crippen LogP contribution in [0.2, 0.25) is 0 Å². The van der Waals surface area contributed by atoms with E-state index in [0.29, 0.717) is 6.54 Å². The van der Waals surface area contributed by atoms with E-state index in [0.717, 1.165) is 28.6 Å². The predicted octanol–water partition coefficient (Wildman–Crippen LogP) is 3.53. The molecule has 0 aliphatic rings. The average Bonchev–Trinajstić information content (AvgIpc) is 2.91. The minimum atomic E-state index is 0.107. The van der Waals surface area contributed by atoms with Gasteiger partial charge >= 0.3 is 0 Å². The second-order valence-corrected chi connectivity index (χ2v) is 6.51. The number of methoxy groups -OCH3 is 1. The average molecular weight is 320 g/mol. The van der Waals surface area contributed by atoms with E-state index < -0.39 is 0 Å². The van der Waals surface area contributed by atoms with E-state index in [4.69, 9.17) is 15.2 Å². The van der Waals surface area contributed by atoms with Gasteiger partial charge in [-0.2, -0.15) is 0 Å². The highest BCUT2D eigenvalue weighted by Crippen LogP contribution is 2.31. The molecule has 1 atom stereocenters. The summed E-state index contributed by atoms with van der Waals surface area (Å²) in [5.74, 6) is 1.77. The molecule has 0 bridgehead atoms. The van der Waals surface area contributed by atoms with Crippen molar-refractivity contribution in [2.75, 3.05) is 13.7 Å². The van der Waals surface area contributed by atoms with Gasteiger partial charge in [-0.15, -0.1) is 11.3 Å². The summed E-state index contributed by atoms with van der Waals surface area (Å²) in [6.07, 6.45) is 0.957. The van der Waals surface area contributed by atoms with E-state index >= 15 is 0 Å². The van der Waals surface area contributed by atoms with Crippen LogP contribution in [-0.2, 0) is 6.42 Å². The third kappa shape index (κ3) is 4.21. The Kier molecular flexibility index (Phi) is 5.80. The maximum Gasteiger partial charge on any atom is 0.161 e. The second-order valence-electron chi connectivity index (χ2n) is 5.62. The Morgan fingerprint density at radius 2 is 2.05 bits per heavy atom. The Balaban J connectivity index is 2.20. The highest BCUT2D eigenvalue weighted by Gasteiger charge is 2.16. The summed E-state index contributed by atoms with van der Waals surface area (Å²) in [6.45, 7) is 6.61. The lowest BCUT2D eigenvalue weighted by Crippen LogP contribution is -2.15. The van der Waals surface area contributed by atoms with Crippen molar-refractivity contribution >= 4 is 11.3 Å². The van der Waals surface area contributed by atoms with E-state index in [9.17, 15) is 0 Å². The number of ether oxygens (including phenoxy) is 2. The summed E-state index contributed by atoms with van der Waals surface area (Å²) in [5.41, 5.74) is 8.18. The van der Waals surface area contributed by atoms with Crippen molar-refractivity contribution in [1.29, 1.82) is 0 Å². The van der Waals surface area contributed by atoms with Gasteiger partial charge in [0, 0.05) is 23.5 Å². The van der Waals surface area contributed by atoms with Crippen molar-refractivity contribution in [2.24, 2.45) is 5.73 Å². The van der Waals surface area contributed by atoms with Gasteiger partial charge in [0.15, 0.2) is 11.5 Å². The van der Waals surface area contributed by atoms with E-state index in [1.807, 2.05) is 32.9 Å². The van der Waals surface area contributed by atoms with Gasteiger partial charge < -0.3 is 15.2 Å². The Hall–Kier alpha value is -1.59. The molecule has 1 aromatic heterocycles. The number of hydrogen-bond donors (Lipinski definition) is 1. The van der Waals surface area contributed by atoms with Gasteiger partial charge in [0.1, 0.15) is 0 Å². The van der Waals surface area contributed by atoms with Crippen molar-refractivity contribution < 1.29 is 9.47 Å². The zero-order chi connectivity index (χ0) is 16.1. The topological polar surface area (TPSA) is 57.4 Å². The molecule has 1 heterocycles. The first-order chi connectivity index (χ1) is 10.5. The molecule has 0 radical (unpaired) electrons. The summed E-state index contributed by atoms with van der Waals surface area (Å²) in [6, 6.07) is 6.06. The molecule has 0 spiro atoms. The van der Waals surface area contributed by atoms with Gasteiger partial charge in [-0.05, 0) is 44.9 Å². The molecular weight excluding hydrogens is 296 g/mol. The fourth-order valence-electron chi connectivity index (χ4n) is 2.31. The molecule has 0 saturated carbocycles. The third-order valence-electron chi connectivity index (χ3n) is 3.34. The quantitative estimate of drug-likeness (QED) is 0.848. The van der Waals surface area contributed by atoms with Crippen LogP contribution in [0.25, 0.3) is 0 Å². The molecule has 2 N–H and O–H groups in total. The van der Waals surface area contributed by atoms with Gasteiger partial charge in [0.25, 0.3) is 0 Å². The predicted molar refractivity (Wildman–Crippen MR) is 91.1 cm³/mol. The van der Waals surface area contributed by atoms with Gasteiger partial charge in [-0.25, -0.2) is 4.98 Å². The summed E-state index contributed by atoms with van der Waals surface area (Å²) in [7, 11) is 1.66. The number of hydrogen-bond acceptors (Lipinski definition) is 5. The molecule has 120 valence electrons. The van der Waals surface area contributed by atoms with Crippen molar-refractivity contribution in [3.63, 3.8) is 0 Å². The summed E-state index contributed by atoms with van der Waals surface area (Å²) in [5, 5.41) is 3.17. The van der Waals surface area contributed by atoms with Crippen molar-refractivity contribution in [1.82, 2.24) is 4.98 Å².